The summed E-state index contributed by atoms with van der Waals surface area (Å²) >= 11 is 0. The van der Waals surface area contributed by atoms with Gasteiger partial charge in [-0.1, -0.05) is 6.07 Å². The molecule has 0 radical (unpaired) electrons. The Bertz CT molecular complexity index is 996. The Morgan fingerprint density at radius 3 is 2.34 bits per heavy atom. The highest BCUT2D eigenvalue weighted by Crippen LogP contribution is 2.32. The van der Waals surface area contributed by atoms with Crippen LogP contribution in [-0.2, 0) is 17.8 Å². The molecule has 1 aromatic heterocycles. The van der Waals surface area contributed by atoms with E-state index in [1.54, 1.807) is 28.4 Å². The minimum atomic E-state index is -0.0650. The molecule has 1 N–H and O–H groups in total. The summed E-state index contributed by atoms with van der Waals surface area (Å²) in [6.45, 7) is 0.742. The van der Waals surface area contributed by atoms with Crippen LogP contribution in [0.1, 0.15) is 5.56 Å². The highest BCUT2D eigenvalue weighted by atomic mass is 16.5. The molecule has 1 heterocycles. The minimum Gasteiger partial charge on any atom is -0.497 e. The molecular weight excluding hydrogens is 372 g/mol. The largest absolute Gasteiger partial charge is 0.497 e. The van der Waals surface area contributed by atoms with Crippen LogP contribution in [0, 0.1) is 0 Å². The van der Waals surface area contributed by atoms with Crippen LogP contribution in [0.3, 0.4) is 0 Å². The number of nitrogens with one attached hydrogen (secondary N) is 1. The van der Waals surface area contributed by atoms with Gasteiger partial charge in [0.25, 0.3) is 0 Å². The molecule has 154 valence electrons. The average Bonchev–Trinajstić information content (AvgIpc) is 3.15. The van der Waals surface area contributed by atoms with Gasteiger partial charge in [-0.2, -0.15) is 0 Å². The number of methoxy groups -OCH3 is 4. The van der Waals surface area contributed by atoms with Crippen LogP contribution < -0.4 is 24.3 Å². The normalized spacial score (nSPS) is 10.6. The van der Waals surface area contributed by atoms with E-state index in [1.807, 2.05) is 47.2 Å². The van der Waals surface area contributed by atoms with Crippen molar-refractivity contribution in [2.45, 2.75) is 13.0 Å². The van der Waals surface area contributed by atoms with Gasteiger partial charge in [0, 0.05) is 30.3 Å². The molecule has 7 heteroatoms. The first-order valence-electron chi connectivity index (χ1n) is 9.28. The van der Waals surface area contributed by atoms with Crippen molar-refractivity contribution < 1.29 is 23.7 Å². The maximum atomic E-state index is 12.4. The van der Waals surface area contributed by atoms with Gasteiger partial charge in [-0.05, 0) is 30.2 Å². The summed E-state index contributed by atoms with van der Waals surface area (Å²) in [5.74, 6) is 2.70. The van der Waals surface area contributed by atoms with Crippen LogP contribution >= 0.6 is 0 Å². The summed E-state index contributed by atoms with van der Waals surface area (Å²) in [4.78, 5) is 12.4. The van der Waals surface area contributed by atoms with Crippen molar-refractivity contribution in [2.24, 2.45) is 0 Å². The fourth-order valence-electron chi connectivity index (χ4n) is 3.25. The lowest BCUT2D eigenvalue weighted by Gasteiger charge is -2.11. The predicted octanol–water partition coefficient (Wildman–Crippen LogP) is 3.03. The van der Waals surface area contributed by atoms with E-state index >= 15 is 0 Å². The number of amides is 1. The number of rotatable bonds is 9. The van der Waals surface area contributed by atoms with Crippen LogP contribution in [0.15, 0.2) is 42.6 Å². The van der Waals surface area contributed by atoms with Gasteiger partial charge in [0.2, 0.25) is 5.91 Å². The van der Waals surface area contributed by atoms with Gasteiger partial charge in [0.1, 0.15) is 18.0 Å². The third-order valence-electron chi connectivity index (χ3n) is 4.78. The number of ether oxygens (including phenoxy) is 4. The van der Waals surface area contributed by atoms with Gasteiger partial charge in [0.15, 0.2) is 11.5 Å². The van der Waals surface area contributed by atoms with Crippen molar-refractivity contribution in [2.75, 3.05) is 35.0 Å². The molecule has 0 aliphatic carbocycles. The number of aromatic nitrogens is 1. The third kappa shape index (κ3) is 4.56. The zero-order valence-electron chi connectivity index (χ0n) is 17.2. The van der Waals surface area contributed by atoms with Crippen LogP contribution in [0.5, 0.6) is 23.0 Å². The zero-order chi connectivity index (χ0) is 20.8. The van der Waals surface area contributed by atoms with Gasteiger partial charge in [0.05, 0.1) is 34.0 Å². The number of fused-ring (bicyclic) bond motifs is 1. The molecule has 0 aliphatic rings. The Labute approximate surface area is 170 Å². The summed E-state index contributed by atoms with van der Waals surface area (Å²) in [5.41, 5.74) is 1.94. The first kappa shape index (κ1) is 20.4. The summed E-state index contributed by atoms with van der Waals surface area (Å²) in [7, 11) is 6.43. The maximum Gasteiger partial charge on any atom is 0.239 e. The van der Waals surface area contributed by atoms with Crippen molar-refractivity contribution in [1.82, 2.24) is 9.88 Å². The number of nitrogens with zero attached hydrogens (tertiary/aromatic N) is 1. The van der Waals surface area contributed by atoms with Gasteiger partial charge in [-0.15, -0.1) is 0 Å². The van der Waals surface area contributed by atoms with Gasteiger partial charge in [-0.3, -0.25) is 4.79 Å². The molecule has 0 fully saturated rings. The van der Waals surface area contributed by atoms with Gasteiger partial charge < -0.3 is 28.8 Å². The molecule has 3 aromatic rings. The standard InChI is InChI=1S/C22H26N2O5/c1-26-16-12-18-17(20(13-16)28-3)8-10-24(18)14-22(25)23-9-7-15-5-6-19(27-2)21(11-15)29-4/h5-6,8,10-13H,7,9,14H2,1-4H3,(H,23,25). The van der Waals surface area contributed by atoms with E-state index in [9.17, 15) is 4.79 Å². The second-order valence-corrected chi connectivity index (χ2v) is 6.50. The Kier molecular flexibility index (Phi) is 6.49. The molecule has 0 bridgehead atoms. The Hall–Kier alpha value is -3.35. The van der Waals surface area contributed by atoms with E-state index in [1.165, 1.54) is 0 Å². The fourth-order valence-corrected chi connectivity index (χ4v) is 3.25. The number of hydrogen-bond donors (Lipinski definition) is 1. The van der Waals surface area contributed by atoms with E-state index < -0.39 is 0 Å². The topological polar surface area (TPSA) is 71.0 Å². The van der Waals surface area contributed by atoms with Crippen LogP contribution in [-0.4, -0.2) is 45.5 Å². The van der Waals surface area contributed by atoms with Crippen molar-refractivity contribution >= 4 is 16.8 Å². The lowest BCUT2D eigenvalue weighted by Crippen LogP contribution is -2.29. The van der Waals surface area contributed by atoms with Crippen LogP contribution in [0.2, 0.25) is 0 Å². The quantitative estimate of drug-likeness (QED) is 0.600. The third-order valence-corrected chi connectivity index (χ3v) is 4.78. The van der Waals surface area contributed by atoms with Crippen LogP contribution in [0.25, 0.3) is 10.9 Å². The van der Waals surface area contributed by atoms with E-state index in [4.69, 9.17) is 18.9 Å². The smallest absolute Gasteiger partial charge is 0.239 e. The summed E-state index contributed by atoms with van der Waals surface area (Å²) in [6, 6.07) is 11.4. The van der Waals surface area contributed by atoms with Crippen molar-refractivity contribution in [3.63, 3.8) is 0 Å². The van der Waals surface area contributed by atoms with Crippen molar-refractivity contribution in [3.8, 4) is 23.0 Å². The molecule has 1 amide bonds. The lowest BCUT2D eigenvalue weighted by molar-refractivity contribution is -0.121. The molecule has 0 saturated heterocycles. The molecule has 0 saturated carbocycles. The molecule has 0 aliphatic heterocycles. The SMILES string of the molecule is COc1cc(OC)c2ccn(CC(=O)NCCc3ccc(OC)c(OC)c3)c2c1. The minimum absolute atomic E-state index is 0.0650. The highest BCUT2D eigenvalue weighted by molar-refractivity contribution is 5.89. The Morgan fingerprint density at radius 1 is 0.897 bits per heavy atom. The fraction of sp³-hybridized carbons (Fsp3) is 0.318. The maximum absolute atomic E-state index is 12.4. The molecule has 2 aromatic carbocycles. The number of carbonyl (C=O) groups is 1. The first-order chi connectivity index (χ1) is 14.1. The number of benzene rings is 2. The first-order valence-corrected chi connectivity index (χ1v) is 9.28. The zero-order valence-corrected chi connectivity index (χ0v) is 17.2. The van der Waals surface area contributed by atoms with Gasteiger partial charge in [-0.25, -0.2) is 0 Å². The lowest BCUT2D eigenvalue weighted by atomic mass is 10.1. The second-order valence-electron chi connectivity index (χ2n) is 6.50. The molecule has 29 heavy (non-hydrogen) atoms. The Balaban J connectivity index is 1.63. The van der Waals surface area contributed by atoms with E-state index in [2.05, 4.69) is 5.32 Å². The van der Waals surface area contributed by atoms with E-state index in [-0.39, 0.29) is 12.5 Å². The molecule has 0 atom stereocenters. The predicted molar refractivity (Wildman–Crippen MR) is 111 cm³/mol. The van der Waals surface area contributed by atoms with E-state index in [0.717, 1.165) is 16.5 Å². The molecule has 3 rings (SSSR count). The molecule has 7 nitrogen and oxygen atoms in total. The molecule has 0 unspecified atom stereocenters. The molecule has 0 spiro atoms. The Morgan fingerprint density at radius 2 is 1.66 bits per heavy atom. The summed E-state index contributed by atoms with van der Waals surface area (Å²) in [5, 5.41) is 3.90. The van der Waals surface area contributed by atoms with E-state index in [0.29, 0.717) is 36.0 Å². The van der Waals surface area contributed by atoms with Crippen molar-refractivity contribution in [3.05, 3.63) is 48.2 Å². The molecular formula is C22H26N2O5. The number of hydrogen-bond acceptors (Lipinski definition) is 5. The second kappa shape index (κ2) is 9.23. The number of carbonyl (C=O) groups excluding carboxylic acids is 1. The average molecular weight is 398 g/mol. The monoisotopic (exact) mass is 398 g/mol. The summed E-state index contributed by atoms with van der Waals surface area (Å²) in [6.07, 6.45) is 2.57. The van der Waals surface area contributed by atoms with Gasteiger partial charge >= 0.3 is 0 Å². The summed E-state index contributed by atoms with van der Waals surface area (Å²) < 4.78 is 23.2. The van der Waals surface area contributed by atoms with Crippen molar-refractivity contribution in [1.29, 1.82) is 0 Å². The highest BCUT2D eigenvalue weighted by Gasteiger charge is 2.12. The van der Waals surface area contributed by atoms with Crippen LogP contribution in [0.4, 0.5) is 0 Å².